The molecule has 1 fully saturated rings. The molecule has 5 aromatic rings. The molecule has 2 aliphatic carbocycles. The van der Waals surface area contributed by atoms with Crippen molar-refractivity contribution in [3.63, 3.8) is 0 Å². The van der Waals surface area contributed by atoms with E-state index in [-0.39, 0.29) is 31.8 Å². The number of terminal acetylenes is 1. The summed E-state index contributed by atoms with van der Waals surface area (Å²) in [5.74, 6) is 43.3. The van der Waals surface area contributed by atoms with Crippen molar-refractivity contribution >= 4 is 28.6 Å². The molecule has 6 nitrogen and oxygen atoms in total. The number of thioether (sulfide) groups is 1. The summed E-state index contributed by atoms with van der Waals surface area (Å²) < 4.78 is 31.8. The van der Waals surface area contributed by atoms with Gasteiger partial charge in [0.2, 0.25) is 0 Å². The van der Waals surface area contributed by atoms with Crippen molar-refractivity contribution in [2.75, 3.05) is 26.4 Å². The maximum absolute atomic E-state index is 9.51. The molecule has 0 saturated heterocycles. The van der Waals surface area contributed by atoms with Gasteiger partial charge in [-0.1, -0.05) is 93.1 Å². The Morgan fingerprint density at radius 1 is 0.644 bits per heavy atom. The number of hydrogen-bond donors (Lipinski definition) is 1. The zero-order valence-corrected chi connectivity index (χ0v) is 42.1. The third-order valence-electron chi connectivity index (χ3n) is 14.1. The maximum Gasteiger partial charge on any atom is 0.178 e. The summed E-state index contributed by atoms with van der Waals surface area (Å²) in [6, 6.07) is 29.7. The van der Waals surface area contributed by atoms with Crippen molar-refractivity contribution in [3.8, 4) is 141 Å². The van der Waals surface area contributed by atoms with Gasteiger partial charge >= 0.3 is 0 Å². The molecule has 4 aliphatic rings. The van der Waals surface area contributed by atoms with Crippen LogP contribution in [0.5, 0.6) is 23.0 Å². The third-order valence-corrected chi connectivity index (χ3v) is 15.2. The minimum absolute atomic E-state index is 0.0749. The van der Waals surface area contributed by atoms with E-state index in [9.17, 15) is 5.11 Å². The molecule has 1 N–H and O–H groups in total. The van der Waals surface area contributed by atoms with Crippen LogP contribution in [0.1, 0.15) is 94.0 Å². The van der Waals surface area contributed by atoms with Crippen LogP contribution in [0, 0.1) is 113 Å². The van der Waals surface area contributed by atoms with Gasteiger partial charge in [-0.2, -0.15) is 0 Å². The van der Waals surface area contributed by atoms with Crippen LogP contribution in [-0.2, 0) is 15.8 Å². The first-order chi connectivity index (χ1) is 35.7. The number of fused-ring (bicyclic) bond motifs is 11. The van der Waals surface area contributed by atoms with Crippen LogP contribution in [0.15, 0.2) is 95.9 Å². The van der Waals surface area contributed by atoms with Crippen molar-refractivity contribution in [1.29, 1.82) is 0 Å². The Bertz CT molecular complexity index is 3590. The zero-order valence-electron chi connectivity index (χ0n) is 41.3. The molecule has 1 spiro atoms. The molecule has 5 aromatic carbocycles. The summed E-state index contributed by atoms with van der Waals surface area (Å²) in [4.78, 5) is 0.692. The predicted molar refractivity (Wildman–Crippen MR) is 291 cm³/mol. The van der Waals surface area contributed by atoms with Crippen LogP contribution in [-0.4, -0.2) is 36.5 Å². The Labute approximate surface area is 434 Å². The van der Waals surface area contributed by atoms with E-state index in [1.807, 2.05) is 24.3 Å². The van der Waals surface area contributed by atoms with E-state index in [2.05, 4.69) is 201 Å². The molecule has 0 radical (unpaired) electrons. The largest absolute Gasteiger partial charge is 0.491 e. The van der Waals surface area contributed by atoms with Gasteiger partial charge in [-0.15, -0.1) is 6.42 Å². The molecule has 73 heavy (non-hydrogen) atoms. The fourth-order valence-electron chi connectivity index (χ4n) is 10.6. The van der Waals surface area contributed by atoms with Gasteiger partial charge in [0.05, 0.1) is 11.5 Å². The lowest BCUT2D eigenvalue weighted by Gasteiger charge is -2.47. The number of ether oxygens (including phenoxy) is 5. The molecular formula is C66H50O6S. The molecule has 1 saturated carbocycles. The Balaban J connectivity index is 1.00. The van der Waals surface area contributed by atoms with E-state index in [0.29, 0.717) is 16.9 Å². The van der Waals surface area contributed by atoms with E-state index in [1.54, 1.807) is 11.8 Å². The Morgan fingerprint density at radius 2 is 1.22 bits per heavy atom. The standard InChI is InChI=1S/C66H50O6S/c1-6-9-10-11-12-13-14-15-16-17-18-19-20-21-22-25-43-68-45-46-70-52-34-30-50(31-35-52)66(49-28-32-51(33-29-49)69-44-42-67)37-36-54-61-60(55-47-58-59(73-63(4,5)71-58)48-56(55)62(54)72-66)53-26-23-24-27-57(53)65(61)40-38-64(7-2,8-3)39-41-65/h1,23-24,26-37,47-48,67H,7-8,38-42,44-46H2,2-5H3. The lowest BCUT2D eigenvalue weighted by molar-refractivity contribution is 0.132. The molecular weight excluding hydrogens is 921 g/mol. The quantitative estimate of drug-likeness (QED) is 0.104. The van der Waals surface area contributed by atoms with Crippen LogP contribution in [0.3, 0.4) is 0 Å². The number of hydrogen-bond acceptors (Lipinski definition) is 7. The number of rotatable bonds is 11. The van der Waals surface area contributed by atoms with Crippen LogP contribution in [0.4, 0.5) is 0 Å². The second-order valence-corrected chi connectivity index (χ2v) is 20.0. The Morgan fingerprint density at radius 3 is 1.81 bits per heavy atom. The van der Waals surface area contributed by atoms with Gasteiger partial charge in [-0.05, 0) is 162 Å². The number of benzene rings is 5. The van der Waals surface area contributed by atoms with Crippen LogP contribution in [0.25, 0.3) is 28.0 Å². The van der Waals surface area contributed by atoms with Crippen molar-refractivity contribution in [2.45, 2.75) is 87.1 Å². The SMILES string of the molecule is C#CC#CC#CC#CC#CC#CC#CC#CC#COCCOc1ccc(C2(c3ccc(OCCO)cc3)C=Cc3c4c(c5cc6c(cc5c3O2)SC(C)(C)O6)-c2ccccc2C42CCC(CC)(CC)CC2)cc1. The van der Waals surface area contributed by atoms with Crippen molar-refractivity contribution < 1.29 is 28.8 Å². The number of aliphatic hydroxyl groups is 1. The van der Waals surface area contributed by atoms with Crippen molar-refractivity contribution in [3.05, 3.63) is 119 Å². The molecule has 356 valence electrons. The fraction of sp³-hybridized carbons (Fsp3) is 0.273. The number of aliphatic hydroxyl groups excluding tert-OH is 1. The van der Waals surface area contributed by atoms with E-state index in [1.165, 1.54) is 47.9 Å². The second-order valence-electron chi connectivity index (χ2n) is 18.4. The van der Waals surface area contributed by atoms with Gasteiger partial charge in [0.1, 0.15) is 48.9 Å². The average molecular weight is 971 g/mol. The molecule has 0 amide bonds. The molecule has 2 aliphatic heterocycles. The molecule has 2 heterocycles. The lowest BCUT2D eigenvalue weighted by atomic mass is 9.58. The Kier molecular flexibility index (Phi) is 14.8. The van der Waals surface area contributed by atoms with E-state index < -0.39 is 10.5 Å². The molecule has 1 atom stereocenters. The normalized spacial score (nSPS) is 16.5. The average Bonchev–Trinajstić information content (AvgIpc) is 3.90. The van der Waals surface area contributed by atoms with Gasteiger partial charge in [0, 0.05) is 74.9 Å². The van der Waals surface area contributed by atoms with Crippen molar-refractivity contribution in [1.82, 2.24) is 0 Å². The summed E-state index contributed by atoms with van der Waals surface area (Å²) in [6.45, 7) is 9.61. The highest BCUT2D eigenvalue weighted by atomic mass is 32.2. The summed E-state index contributed by atoms with van der Waals surface area (Å²) in [6.07, 6.45) is 19.0. The summed E-state index contributed by atoms with van der Waals surface area (Å²) in [7, 11) is 0. The molecule has 0 aromatic heterocycles. The summed E-state index contributed by atoms with van der Waals surface area (Å²) >= 11 is 1.74. The first kappa shape index (κ1) is 49.4. The highest BCUT2D eigenvalue weighted by Crippen LogP contribution is 2.65. The van der Waals surface area contributed by atoms with Crippen molar-refractivity contribution in [2.24, 2.45) is 5.41 Å². The highest BCUT2D eigenvalue weighted by Gasteiger charge is 2.52. The highest BCUT2D eigenvalue weighted by molar-refractivity contribution is 8.00. The van der Waals surface area contributed by atoms with Crippen LogP contribution >= 0.6 is 11.8 Å². The zero-order chi connectivity index (χ0) is 50.7. The maximum atomic E-state index is 9.51. The second kappa shape index (κ2) is 21.8. The first-order valence-corrected chi connectivity index (χ1v) is 25.2. The third kappa shape index (κ3) is 10.2. The topological polar surface area (TPSA) is 66.4 Å². The van der Waals surface area contributed by atoms with Gasteiger partial charge < -0.3 is 28.8 Å². The van der Waals surface area contributed by atoms with Gasteiger partial charge in [0.15, 0.2) is 10.5 Å². The first-order valence-electron chi connectivity index (χ1n) is 24.4. The lowest BCUT2D eigenvalue weighted by Crippen LogP contribution is -2.38. The van der Waals surface area contributed by atoms with Gasteiger partial charge in [-0.25, -0.2) is 0 Å². The van der Waals surface area contributed by atoms with Gasteiger partial charge in [0.25, 0.3) is 0 Å². The summed E-state index contributed by atoms with van der Waals surface area (Å²) in [5.41, 5.74) is 7.55. The van der Waals surface area contributed by atoms with Gasteiger partial charge in [-0.3, -0.25) is 0 Å². The summed E-state index contributed by atoms with van der Waals surface area (Å²) in [5, 5.41) is 11.7. The van der Waals surface area contributed by atoms with E-state index >= 15 is 0 Å². The molecule has 7 heteroatoms. The predicted octanol–water partition coefficient (Wildman–Crippen LogP) is 11.4. The van der Waals surface area contributed by atoms with E-state index in [4.69, 9.17) is 30.1 Å². The van der Waals surface area contributed by atoms with Crippen LogP contribution in [0.2, 0.25) is 0 Å². The molecule has 0 bridgehead atoms. The fourth-order valence-corrected chi connectivity index (χ4v) is 11.6. The molecule has 9 rings (SSSR count). The van der Waals surface area contributed by atoms with E-state index in [0.717, 1.165) is 56.7 Å². The smallest absolute Gasteiger partial charge is 0.178 e. The monoisotopic (exact) mass is 970 g/mol. The molecule has 1 unspecified atom stereocenters. The van der Waals surface area contributed by atoms with Crippen LogP contribution < -0.4 is 18.9 Å². The minimum atomic E-state index is -1.04. The minimum Gasteiger partial charge on any atom is -0.491 e. The Hall–Kier alpha value is -8.55.